The molecule has 191 valence electrons. The van der Waals surface area contributed by atoms with Crippen molar-refractivity contribution in [3.8, 4) is 0 Å². The van der Waals surface area contributed by atoms with Gasteiger partial charge in [0, 0.05) is 52.0 Å². The van der Waals surface area contributed by atoms with Gasteiger partial charge in [0.15, 0.2) is 6.29 Å². The Bertz CT molecular complexity index is 515. The minimum atomic E-state index is -0.716. The zero-order valence-electron chi connectivity index (χ0n) is 20.0. The molecule has 0 aromatic heterocycles. The molecule has 0 aliphatic rings. The summed E-state index contributed by atoms with van der Waals surface area (Å²) in [4.78, 5) is 43.5. The van der Waals surface area contributed by atoms with Crippen molar-refractivity contribution in [1.29, 1.82) is 0 Å². The van der Waals surface area contributed by atoms with Gasteiger partial charge in [0.25, 0.3) is 0 Å². The van der Waals surface area contributed by atoms with Crippen LogP contribution in [0.4, 0.5) is 0 Å². The van der Waals surface area contributed by atoms with Crippen LogP contribution in [0.1, 0.15) is 89.9 Å². The smallest absolute Gasteiger partial charge is 0.303 e. The van der Waals surface area contributed by atoms with Gasteiger partial charge in [-0.2, -0.15) is 0 Å². The molecule has 0 aliphatic heterocycles. The Labute approximate surface area is 198 Å². The summed E-state index contributed by atoms with van der Waals surface area (Å²) >= 11 is 0. The molecule has 0 bridgehead atoms. The van der Waals surface area contributed by atoms with Crippen molar-refractivity contribution in [2.75, 3.05) is 39.5 Å². The molecule has 0 aliphatic carbocycles. The highest BCUT2D eigenvalue weighted by Crippen LogP contribution is 2.10. The van der Waals surface area contributed by atoms with Gasteiger partial charge < -0.3 is 25.2 Å². The molecule has 9 nitrogen and oxygen atoms in total. The number of hydrogen-bond donors (Lipinski definition) is 3. The first-order valence-corrected chi connectivity index (χ1v) is 12.3. The van der Waals surface area contributed by atoms with E-state index < -0.39 is 5.97 Å². The van der Waals surface area contributed by atoms with E-state index in [1.165, 1.54) is 0 Å². The number of carbonyl (C=O) groups excluding carboxylic acids is 3. The second-order valence-electron chi connectivity index (χ2n) is 8.00. The zero-order chi connectivity index (χ0) is 24.4. The molecule has 0 heterocycles. The lowest BCUT2D eigenvalue weighted by atomic mass is 10.1. The maximum absolute atomic E-state index is 11.8. The first-order chi connectivity index (χ1) is 16.1. The number of ether oxygens (including phenoxy) is 2. The van der Waals surface area contributed by atoms with E-state index in [0.29, 0.717) is 52.4 Å². The van der Waals surface area contributed by atoms with E-state index in [1.54, 1.807) is 6.29 Å². The molecule has 0 spiro atoms. The molecular formula is C24H43N2O7. The Morgan fingerprint density at radius 2 is 1.06 bits per heavy atom. The van der Waals surface area contributed by atoms with Crippen LogP contribution in [0.2, 0.25) is 0 Å². The van der Waals surface area contributed by atoms with Gasteiger partial charge in [-0.3, -0.25) is 19.2 Å². The van der Waals surface area contributed by atoms with E-state index in [4.69, 9.17) is 14.6 Å². The molecule has 3 N–H and O–H groups in total. The van der Waals surface area contributed by atoms with E-state index in [1.807, 2.05) is 0 Å². The summed E-state index contributed by atoms with van der Waals surface area (Å²) in [5, 5.41) is 14.2. The van der Waals surface area contributed by atoms with Crippen LogP contribution in [0, 0.1) is 0 Å². The molecule has 1 radical (unpaired) electrons. The van der Waals surface area contributed by atoms with Crippen LogP contribution >= 0.6 is 0 Å². The van der Waals surface area contributed by atoms with Crippen molar-refractivity contribution in [3.05, 3.63) is 0 Å². The van der Waals surface area contributed by atoms with Crippen molar-refractivity contribution in [3.63, 3.8) is 0 Å². The third-order valence-corrected chi connectivity index (χ3v) is 4.95. The van der Waals surface area contributed by atoms with Gasteiger partial charge in [-0.1, -0.05) is 38.5 Å². The van der Waals surface area contributed by atoms with Crippen molar-refractivity contribution < 1.29 is 33.8 Å². The molecule has 0 unspecified atom stereocenters. The van der Waals surface area contributed by atoms with E-state index in [2.05, 4.69) is 10.6 Å². The number of carbonyl (C=O) groups is 3. The highest BCUT2D eigenvalue weighted by molar-refractivity contribution is 5.78. The third kappa shape index (κ3) is 26.1. The summed E-state index contributed by atoms with van der Waals surface area (Å²) < 4.78 is 10.9. The predicted molar refractivity (Wildman–Crippen MR) is 126 cm³/mol. The highest BCUT2D eigenvalue weighted by Gasteiger charge is 2.02. The minimum absolute atomic E-state index is 0.0865. The lowest BCUT2D eigenvalue weighted by molar-refractivity contribution is -0.137. The first-order valence-electron chi connectivity index (χ1n) is 12.3. The normalized spacial score (nSPS) is 10.7. The van der Waals surface area contributed by atoms with Crippen LogP contribution in [0.5, 0.6) is 0 Å². The Kier molecular flexibility index (Phi) is 23.1. The Hall–Kier alpha value is -2.00. The summed E-state index contributed by atoms with van der Waals surface area (Å²) in [5.74, 6) is -0.776. The van der Waals surface area contributed by atoms with Crippen molar-refractivity contribution in [1.82, 2.24) is 10.6 Å². The van der Waals surface area contributed by atoms with E-state index in [0.717, 1.165) is 57.8 Å². The fourth-order valence-electron chi connectivity index (χ4n) is 3.09. The summed E-state index contributed by atoms with van der Waals surface area (Å²) in [6, 6.07) is 0. The SMILES string of the molecule is O=[C]CCC(=O)NCCCOCCOCCCNC(=O)CCCCCCCCCCC(=O)O. The van der Waals surface area contributed by atoms with Crippen LogP contribution in [0.25, 0.3) is 0 Å². The summed E-state index contributed by atoms with van der Waals surface area (Å²) in [6.07, 6.45) is 12.5. The van der Waals surface area contributed by atoms with Crippen LogP contribution in [0.3, 0.4) is 0 Å². The van der Waals surface area contributed by atoms with Gasteiger partial charge >= 0.3 is 5.97 Å². The minimum Gasteiger partial charge on any atom is -0.481 e. The summed E-state index contributed by atoms with van der Waals surface area (Å²) in [6.45, 7) is 3.22. The van der Waals surface area contributed by atoms with Gasteiger partial charge in [-0.15, -0.1) is 0 Å². The zero-order valence-corrected chi connectivity index (χ0v) is 20.0. The maximum atomic E-state index is 11.8. The number of aliphatic carboxylic acids is 1. The molecule has 0 saturated heterocycles. The molecule has 0 aromatic rings. The molecule has 33 heavy (non-hydrogen) atoms. The lowest BCUT2D eigenvalue weighted by Crippen LogP contribution is -2.25. The number of rotatable bonds is 25. The molecule has 0 rings (SSSR count). The van der Waals surface area contributed by atoms with E-state index in [9.17, 15) is 19.2 Å². The number of nitrogens with one attached hydrogen (secondary N) is 2. The molecular weight excluding hydrogens is 428 g/mol. The number of amides is 2. The molecule has 0 aromatic carbocycles. The lowest BCUT2D eigenvalue weighted by Gasteiger charge is -2.08. The number of carboxylic acid groups (broad SMARTS) is 1. The van der Waals surface area contributed by atoms with Gasteiger partial charge in [0.05, 0.1) is 13.2 Å². The van der Waals surface area contributed by atoms with Crippen LogP contribution in [0.15, 0.2) is 0 Å². The Morgan fingerprint density at radius 3 is 1.55 bits per heavy atom. The average molecular weight is 472 g/mol. The number of carboxylic acids is 1. The van der Waals surface area contributed by atoms with Crippen LogP contribution in [-0.2, 0) is 28.7 Å². The highest BCUT2D eigenvalue weighted by atomic mass is 16.5. The Balaban J connectivity index is 3.22. The van der Waals surface area contributed by atoms with Gasteiger partial charge in [0.1, 0.15) is 0 Å². The van der Waals surface area contributed by atoms with Crippen molar-refractivity contribution in [2.24, 2.45) is 0 Å². The molecule has 2 amide bonds. The van der Waals surface area contributed by atoms with Crippen LogP contribution < -0.4 is 10.6 Å². The van der Waals surface area contributed by atoms with E-state index >= 15 is 0 Å². The topological polar surface area (TPSA) is 131 Å². The number of unbranched alkanes of at least 4 members (excludes halogenated alkanes) is 7. The average Bonchev–Trinajstić information content (AvgIpc) is 2.79. The van der Waals surface area contributed by atoms with Gasteiger partial charge in [-0.05, 0) is 25.7 Å². The van der Waals surface area contributed by atoms with Gasteiger partial charge in [-0.25, -0.2) is 0 Å². The summed E-state index contributed by atoms with van der Waals surface area (Å²) in [5.41, 5.74) is 0. The Morgan fingerprint density at radius 1 is 0.606 bits per heavy atom. The monoisotopic (exact) mass is 471 g/mol. The molecule has 0 fully saturated rings. The quantitative estimate of drug-likeness (QED) is 0.174. The summed E-state index contributed by atoms with van der Waals surface area (Å²) in [7, 11) is 0. The molecule has 0 saturated carbocycles. The second kappa shape index (κ2) is 24.6. The van der Waals surface area contributed by atoms with Crippen molar-refractivity contribution in [2.45, 2.75) is 89.9 Å². The fraction of sp³-hybridized carbons (Fsp3) is 0.833. The fourth-order valence-corrected chi connectivity index (χ4v) is 3.09. The van der Waals surface area contributed by atoms with Crippen molar-refractivity contribution >= 4 is 24.1 Å². The largest absolute Gasteiger partial charge is 0.481 e. The first kappa shape index (κ1) is 31.0. The standard InChI is InChI=1S/C24H43N2O7/c27-17-9-13-23(29)26-16-11-19-33-21-20-32-18-10-15-25-22(28)12-7-5-3-1-2-4-6-8-14-24(30)31/h1-16,18-21H2,(H,25,28)(H,26,29)(H,30,31). The molecule has 9 heteroatoms. The number of hydrogen-bond acceptors (Lipinski definition) is 6. The second-order valence-corrected chi connectivity index (χ2v) is 8.00. The predicted octanol–water partition coefficient (Wildman–Crippen LogP) is 2.91. The molecule has 0 atom stereocenters. The third-order valence-electron chi connectivity index (χ3n) is 4.95. The van der Waals surface area contributed by atoms with Crippen LogP contribution in [-0.4, -0.2) is 68.7 Å². The maximum Gasteiger partial charge on any atom is 0.303 e. The van der Waals surface area contributed by atoms with Gasteiger partial charge in [0.2, 0.25) is 11.8 Å². The van der Waals surface area contributed by atoms with E-state index in [-0.39, 0.29) is 31.1 Å².